The van der Waals surface area contributed by atoms with Gasteiger partial charge in [-0.15, -0.1) is 0 Å². The lowest BCUT2D eigenvalue weighted by Crippen LogP contribution is -2.35. The predicted molar refractivity (Wildman–Crippen MR) is 103 cm³/mol. The van der Waals surface area contributed by atoms with Crippen LogP contribution in [0.3, 0.4) is 0 Å². The van der Waals surface area contributed by atoms with Crippen molar-refractivity contribution >= 4 is 28.0 Å². The third kappa shape index (κ3) is 13.6. The molecule has 0 aromatic carbocycles. The summed E-state index contributed by atoms with van der Waals surface area (Å²) in [5, 5.41) is -2.20. The molecule has 0 fully saturated rings. The van der Waals surface area contributed by atoms with Gasteiger partial charge in [-0.3, -0.25) is 18.9 Å². The summed E-state index contributed by atoms with van der Waals surface area (Å²) < 4.78 is 40.8. The summed E-state index contributed by atoms with van der Waals surface area (Å²) in [6, 6.07) is 0. The number of rotatable bonds is 16. The minimum Gasteiger partial charge on any atom is -0.464 e. The summed E-state index contributed by atoms with van der Waals surface area (Å²) in [4.78, 5) is 35.0. The Kier molecular flexibility index (Phi) is 14.6. The van der Waals surface area contributed by atoms with E-state index in [-0.39, 0.29) is 19.6 Å². The second kappa shape index (κ2) is 15.4. The molecule has 164 valence electrons. The average Bonchev–Trinajstić information content (AvgIpc) is 2.61. The molecule has 0 aromatic heterocycles. The van der Waals surface area contributed by atoms with E-state index in [2.05, 4.69) is 16.4 Å². The highest BCUT2D eigenvalue weighted by molar-refractivity contribution is 7.87. The highest BCUT2D eigenvalue weighted by Gasteiger charge is 2.36. The summed E-state index contributed by atoms with van der Waals surface area (Å²) in [6.07, 6.45) is 8.39. The maximum Gasteiger partial charge on any atom is 0.335 e. The van der Waals surface area contributed by atoms with Crippen molar-refractivity contribution in [3.8, 4) is 0 Å². The molecule has 0 aliphatic rings. The van der Waals surface area contributed by atoms with Gasteiger partial charge in [0.15, 0.2) is 5.25 Å². The molecule has 0 aliphatic carbocycles. The zero-order valence-electron chi connectivity index (χ0n) is 16.6. The van der Waals surface area contributed by atoms with Crippen LogP contribution in [0.1, 0.15) is 77.6 Å². The molecule has 0 bridgehead atoms. The predicted octanol–water partition coefficient (Wildman–Crippen LogP) is 2.13. The van der Waals surface area contributed by atoms with Crippen LogP contribution in [-0.4, -0.2) is 49.3 Å². The zero-order chi connectivity index (χ0) is 21.4. The minimum atomic E-state index is -4.93. The van der Waals surface area contributed by atoms with Crippen LogP contribution >= 0.6 is 0 Å². The maximum absolute atomic E-state index is 11.9. The van der Waals surface area contributed by atoms with E-state index in [4.69, 9.17) is 10.3 Å². The van der Waals surface area contributed by atoms with Crippen LogP contribution in [0.4, 0.5) is 0 Å². The first-order chi connectivity index (χ1) is 13.2. The fourth-order valence-electron chi connectivity index (χ4n) is 2.50. The summed E-state index contributed by atoms with van der Waals surface area (Å²) in [6.45, 7) is 2.02. The van der Waals surface area contributed by atoms with E-state index in [1.54, 1.807) is 0 Å². The molecule has 9 nitrogen and oxygen atoms in total. The Morgan fingerprint density at radius 2 is 1.46 bits per heavy atom. The number of ether oxygens (including phenoxy) is 2. The Morgan fingerprint density at radius 1 is 0.929 bits per heavy atom. The van der Waals surface area contributed by atoms with Crippen LogP contribution in [0.2, 0.25) is 0 Å². The highest BCUT2D eigenvalue weighted by atomic mass is 32.2. The van der Waals surface area contributed by atoms with Crippen LogP contribution in [0.5, 0.6) is 0 Å². The van der Waals surface area contributed by atoms with Crippen LogP contribution < -0.4 is 5.73 Å². The maximum atomic E-state index is 11.9. The van der Waals surface area contributed by atoms with Crippen molar-refractivity contribution in [3.63, 3.8) is 0 Å². The van der Waals surface area contributed by atoms with E-state index >= 15 is 0 Å². The minimum absolute atomic E-state index is 0.0178. The van der Waals surface area contributed by atoms with E-state index in [0.29, 0.717) is 6.42 Å². The first-order valence-electron chi connectivity index (χ1n) is 9.78. The zero-order valence-corrected chi connectivity index (χ0v) is 17.4. The van der Waals surface area contributed by atoms with E-state index in [0.717, 1.165) is 25.7 Å². The molecule has 10 heteroatoms. The lowest BCUT2D eigenvalue weighted by molar-refractivity contribution is -0.161. The normalized spacial score (nSPS) is 12.4. The van der Waals surface area contributed by atoms with Crippen molar-refractivity contribution in [3.05, 3.63) is 0 Å². The molecule has 28 heavy (non-hydrogen) atoms. The van der Waals surface area contributed by atoms with Crippen molar-refractivity contribution in [2.45, 2.75) is 82.8 Å². The van der Waals surface area contributed by atoms with E-state index < -0.39 is 39.7 Å². The van der Waals surface area contributed by atoms with Crippen LogP contribution in [-0.2, 0) is 34.0 Å². The van der Waals surface area contributed by atoms with Gasteiger partial charge < -0.3 is 15.2 Å². The second-order valence-electron chi connectivity index (χ2n) is 6.59. The number of carbonyl (C=O) groups excluding carboxylic acids is 3. The van der Waals surface area contributed by atoms with Crippen molar-refractivity contribution in [2.75, 3.05) is 13.2 Å². The van der Waals surface area contributed by atoms with Gasteiger partial charge in [-0.05, 0) is 6.42 Å². The Bertz CT molecular complexity index is 576. The van der Waals surface area contributed by atoms with Gasteiger partial charge in [-0.25, -0.2) is 0 Å². The van der Waals surface area contributed by atoms with Crippen LogP contribution in [0, 0.1) is 0 Å². The molecule has 0 saturated carbocycles. The number of unbranched alkanes of at least 4 members (excludes halogenated alkanes) is 8. The topological polar surface area (TPSA) is 150 Å². The fourth-order valence-corrected chi connectivity index (χ4v) is 3.14. The van der Waals surface area contributed by atoms with E-state index in [9.17, 15) is 22.8 Å². The van der Waals surface area contributed by atoms with E-state index in [1.807, 2.05) is 0 Å². The Labute approximate surface area is 167 Å². The molecule has 1 atom stereocenters. The van der Waals surface area contributed by atoms with Crippen molar-refractivity contribution in [2.24, 2.45) is 5.73 Å². The lowest BCUT2D eigenvalue weighted by Gasteiger charge is -2.12. The molecule has 3 N–H and O–H groups in total. The first kappa shape index (κ1) is 26.5. The van der Waals surface area contributed by atoms with Gasteiger partial charge in [0.05, 0.1) is 6.42 Å². The smallest absolute Gasteiger partial charge is 0.335 e. The summed E-state index contributed by atoms with van der Waals surface area (Å²) >= 11 is 0. The van der Waals surface area contributed by atoms with Crippen LogP contribution in [0.15, 0.2) is 0 Å². The molecule has 0 aliphatic heterocycles. The molecule has 0 heterocycles. The molecular weight excluding hydrogens is 390 g/mol. The summed E-state index contributed by atoms with van der Waals surface area (Å²) in [5.74, 6) is -3.43. The van der Waals surface area contributed by atoms with Crippen molar-refractivity contribution in [1.29, 1.82) is 0 Å². The molecule has 0 aromatic rings. The standard InChI is InChI=1S/C18H33NO8S/c1-2-3-4-5-6-7-8-9-10-11-16(20)27-18(22)15(28(23,24)25)14-17(21)26-13-12-19/h15H,2-14,19H2,1H3,(H,23,24,25). The quantitative estimate of drug-likeness (QED) is 0.165. The highest BCUT2D eigenvalue weighted by Crippen LogP contribution is 2.12. The monoisotopic (exact) mass is 423 g/mol. The van der Waals surface area contributed by atoms with Gasteiger partial charge in [0, 0.05) is 13.0 Å². The molecule has 0 amide bonds. The van der Waals surface area contributed by atoms with Gasteiger partial charge in [-0.2, -0.15) is 8.42 Å². The van der Waals surface area contributed by atoms with Crippen LogP contribution in [0.25, 0.3) is 0 Å². The molecule has 1 unspecified atom stereocenters. The number of carbonyl (C=O) groups is 3. The lowest BCUT2D eigenvalue weighted by atomic mass is 10.1. The summed E-state index contributed by atoms with van der Waals surface area (Å²) in [7, 11) is -4.93. The second-order valence-corrected chi connectivity index (χ2v) is 8.19. The Balaban J connectivity index is 4.19. The van der Waals surface area contributed by atoms with E-state index in [1.165, 1.54) is 25.7 Å². The average molecular weight is 424 g/mol. The molecule has 0 spiro atoms. The van der Waals surface area contributed by atoms with Crippen molar-refractivity contribution in [1.82, 2.24) is 0 Å². The Morgan fingerprint density at radius 3 is 1.96 bits per heavy atom. The van der Waals surface area contributed by atoms with Gasteiger partial charge in [0.1, 0.15) is 6.61 Å². The van der Waals surface area contributed by atoms with Gasteiger partial charge in [0.2, 0.25) is 0 Å². The third-order valence-corrected chi connectivity index (χ3v) is 5.13. The third-order valence-electron chi connectivity index (χ3n) is 4.05. The number of hydrogen-bond acceptors (Lipinski definition) is 8. The largest absolute Gasteiger partial charge is 0.464 e. The van der Waals surface area contributed by atoms with Gasteiger partial charge in [0.25, 0.3) is 10.1 Å². The molecule has 0 saturated heterocycles. The van der Waals surface area contributed by atoms with Crippen molar-refractivity contribution < 1.29 is 36.8 Å². The molecule has 0 radical (unpaired) electrons. The number of nitrogens with two attached hydrogens (primary N) is 1. The summed E-state index contributed by atoms with van der Waals surface area (Å²) in [5.41, 5.74) is 5.14. The molecule has 0 rings (SSSR count). The first-order valence-corrected chi connectivity index (χ1v) is 11.3. The number of esters is 3. The SMILES string of the molecule is CCCCCCCCCCCC(=O)OC(=O)C(CC(=O)OCCN)S(=O)(=O)O. The van der Waals surface area contributed by atoms with Gasteiger partial charge in [-0.1, -0.05) is 58.3 Å². The van der Waals surface area contributed by atoms with Gasteiger partial charge >= 0.3 is 17.9 Å². The molecular formula is C18H33NO8S. The fraction of sp³-hybridized carbons (Fsp3) is 0.833. The number of hydrogen-bond donors (Lipinski definition) is 2. The Hall–Kier alpha value is -1.52.